The number of rotatable bonds is 10. The lowest BCUT2D eigenvalue weighted by atomic mass is 10.1. The molecule has 162 valence electrons. The molecule has 0 heterocycles. The average Bonchev–Trinajstić information content (AvgIpc) is 2.71. The molecule has 0 spiro atoms. The van der Waals surface area contributed by atoms with Crippen LogP contribution in [0.5, 0.6) is 0 Å². The lowest BCUT2D eigenvalue weighted by Crippen LogP contribution is -2.68. The van der Waals surface area contributed by atoms with Crippen LogP contribution in [0, 0.1) is 0 Å². The molecule has 3 nitrogen and oxygen atoms in total. The molecule has 30 heavy (non-hydrogen) atoms. The molecule has 2 aromatic carbocycles. The Labute approximate surface area is 183 Å². The Morgan fingerprint density at radius 1 is 1.03 bits per heavy atom. The minimum Gasteiger partial charge on any atom is -0.403 e. The lowest BCUT2D eigenvalue weighted by Gasteiger charge is -2.45. The Bertz CT molecular complexity index is 788. The molecule has 0 radical (unpaired) electrons. The number of benzene rings is 2. The Morgan fingerprint density at radius 3 is 1.87 bits per heavy atom. The standard InChI is InChI=1S/C26H37NO2Si/c1-8-27(7)20-22(19-25(28)21(2)3)29-30(26(4,5)6,23-15-11-9-12-16-23)24-17-13-10-14-18-24/h9-18,22H,2,8,19-20H2,1,3-7H3/t22-/m1/s1. The smallest absolute Gasteiger partial charge is 0.261 e. The quantitative estimate of drug-likeness (QED) is 0.418. The number of hydrogen-bond donors (Lipinski definition) is 0. The van der Waals surface area contributed by atoms with Crippen LogP contribution in [0.15, 0.2) is 72.8 Å². The van der Waals surface area contributed by atoms with E-state index in [0.29, 0.717) is 18.5 Å². The number of hydrogen-bond acceptors (Lipinski definition) is 3. The van der Waals surface area contributed by atoms with Crippen molar-refractivity contribution in [3.8, 4) is 0 Å². The fourth-order valence-corrected chi connectivity index (χ4v) is 8.62. The van der Waals surface area contributed by atoms with Gasteiger partial charge < -0.3 is 9.33 Å². The van der Waals surface area contributed by atoms with E-state index in [-0.39, 0.29) is 16.9 Å². The molecule has 0 fully saturated rings. The Morgan fingerprint density at radius 2 is 1.50 bits per heavy atom. The van der Waals surface area contributed by atoms with Crippen molar-refractivity contribution >= 4 is 24.5 Å². The third kappa shape index (κ3) is 5.57. The van der Waals surface area contributed by atoms with Gasteiger partial charge in [0.1, 0.15) is 0 Å². The van der Waals surface area contributed by atoms with E-state index in [1.54, 1.807) is 6.92 Å². The molecular weight excluding hydrogens is 386 g/mol. The summed E-state index contributed by atoms with van der Waals surface area (Å²) in [6.07, 6.45) is 0.148. The molecule has 0 aliphatic carbocycles. The SMILES string of the molecule is C=C(C)C(=O)C[C@H](CN(C)CC)O[Si](c1ccccc1)(c1ccccc1)C(C)(C)C. The number of ketones is 1. The van der Waals surface area contributed by atoms with E-state index < -0.39 is 8.32 Å². The third-order valence-electron chi connectivity index (χ3n) is 5.70. The van der Waals surface area contributed by atoms with Gasteiger partial charge in [-0.25, -0.2) is 0 Å². The predicted molar refractivity (Wildman–Crippen MR) is 130 cm³/mol. The molecule has 2 aromatic rings. The second-order valence-electron chi connectivity index (χ2n) is 9.17. The molecular formula is C26H37NO2Si. The number of carbonyl (C=O) groups excluding carboxylic acids is 1. The van der Waals surface area contributed by atoms with Crippen LogP contribution in [0.25, 0.3) is 0 Å². The highest BCUT2D eigenvalue weighted by molar-refractivity contribution is 6.99. The maximum absolute atomic E-state index is 12.6. The van der Waals surface area contributed by atoms with E-state index >= 15 is 0 Å². The molecule has 0 amide bonds. The number of Topliss-reactive ketones (excluding diaryl/α,β-unsaturated/α-hetero) is 1. The number of likely N-dealkylation sites (N-methyl/N-ethyl adjacent to an activating group) is 1. The molecule has 0 saturated heterocycles. The topological polar surface area (TPSA) is 29.5 Å². The van der Waals surface area contributed by atoms with Gasteiger partial charge in [0.25, 0.3) is 8.32 Å². The van der Waals surface area contributed by atoms with Crippen LogP contribution in [0.2, 0.25) is 5.04 Å². The van der Waals surface area contributed by atoms with Gasteiger partial charge in [-0.1, -0.05) is 94.9 Å². The summed E-state index contributed by atoms with van der Waals surface area (Å²) in [5, 5.41) is 2.34. The Balaban J connectivity index is 2.64. The van der Waals surface area contributed by atoms with Gasteiger partial charge in [-0.15, -0.1) is 0 Å². The molecule has 4 heteroatoms. The second-order valence-corrected chi connectivity index (χ2v) is 13.4. The van der Waals surface area contributed by atoms with Crippen LogP contribution < -0.4 is 10.4 Å². The van der Waals surface area contributed by atoms with Crippen molar-refractivity contribution in [2.24, 2.45) is 0 Å². The van der Waals surface area contributed by atoms with Gasteiger partial charge in [0.15, 0.2) is 5.78 Å². The van der Waals surface area contributed by atoms with E-state index in [9.17, 15) is 4.79 Å². The lowest BCUT2D eigenvalue weighted by molar-refractivity contribution is -0.117. The van der Waals surface area contributed by atoms with E-state index in [2.05, 4.69) is 94.8 Å². The average molecular weight is 424 g/mol. The van der Waals surface area contributed by atoms with E-state index in [0.717, 1.165) is 6.54 Å². The van der Waals surface area contributed by atoms with Crippen LogP contribution in [0.4, 0.5) is 0 Å². The molecule has 1 atom stereocenters. The van der Waals surface area contributed by atoms with Gasteiger partial charge in [-0.05, 0) is 41.5 Å². The molecule has 2 rings (SSSR count). The molecule has 0 N–H and O–H groups in total. The van der Waals surface area contributed by atoms with Gasteiger partial charge >= 0.3 is 0 Å². The van der Waals surface area contributed by atoms with Gasteiger partial charge in [-0.3, -0.25) is 4.79 Å². The van der Waals surface area contributed by atoms with Crippen molar-refractivity contribution in [1.29, 1.82) is 0 Å². The summed E-state index contributed by atoms with van der Waals surface area (Å²) in [4.78, 5) is 14.9. The van der Waals surface area contributed by atoms with E-state index in [1.807, 2.05) is 12.1 Å². The fourth-order valence-electron chi connectivity index (χ4n) is 3.94. The molecule has 0 aromatic heterocycles. The first-order valence-electron chi connectivity index (χ1n) is 10.8. The van der Waals surface area contributed by atoms with Crippen molar-refractivity contribution < 1.29 is 9.22 Å². The summed E-state index contributed by atoms with van der Waals surface area (Å²) < 4.78 is 7.20. The van der Waals surface area contributed by atoms with Gasteiger partial charge in [0.2, 0.25) is 0 Å². The van der Waals surface area contributed by atoms with Crippen molar-refractivity contribution in [3.05, 3.63) is 72.8 Å². The van der Waals surface area contributed by atoms with Gasteiger partial charge in [-0.2, -0.15) is 0 Å². The van der Waals surface area contributed by atoms with Crippen molar-refractivity contribution in [3.63, 3.8) is 0 Å². The summed E-state index contributed by atoms with van der Waals surface area (Å²) in [5.41, 5.74) is 0.588. The zero-order valence-electron chi connectivity index (χ0n) is 19.4. The zero-order chi connectivity index (χ0) is 22.4. The van der Waals surface area contributed by atoms with Crippen LogP contribution in [-0.2, 0) is 9.22 Å². The maximum Gasteiger partial charge on any atom is 0.261 e. The second kappa shape index (κ2) is 10.3. The third-order valence-corrected chi connectivity index (χ3v) is 10.8. The first-order valence-corrected chi connectivity index (χ1v) is 12.7. The highest BCUT2D eigenvalue weighted by Crippen LogP contribution is 2.38. The summed E-state index contributed by atoms with van der Waals surface area (Å²) in [6, 6.07) is 21.2. The molecule has 0 saturated carbocycles. The van der Waals surface area contributed by atoms with Crippen molar-refractivity contribution in [2.75, 3.05) is 20.1 Å². The van der Waals surface area contributed by atoms with Crippen LogP contribution >= 0.6 is 0 Å². The summed E-state index contributed by atoms with van der Waals surface area (Å²) in [6.45, 7) is 16.2. The Kier molecular flexibility index (Phi) is 8.36. The van der Waals surface area contributed by atoms with Crippen LogP contribution in [0.3, 0.4) is 0 Å². The minimum atomic E-state index is -2.70. The molecule has 0 aliphatic rings. The monoisotopic (exact) mass is 423 g/mol. The highest BCUT2D eigenvalue weighted by atomic mass is 28.4. The molecule has 0 bridgehead atoms. The van der Waals surface area contributed by atoms with Crippen LogP contribution in [0.1, 0.15) is 41.0 Å². The van der Waals surface area contributed by atoms with E-state index in [4.69, 9.17) is 4.43 Å². The largest absolute Gasteiger partial charge is 0.403 e. The molecule has 0 unspecified atom stereocenters. The first kappa shape index (κ1) is 24.3. The normalized spacial score (nSPS) is 13.3. The summed E-state index contributed by atoms with van der Waals surface area (Å²) >= 11 is 0. The minimum absolute atomic E-state index is 0.0717. The first-order chi connectivity index (χ1) is 14.1. The van der Waals surface area contributed by atoms with Gasteiger partial charge in [0.05, 0.1) is 6.10 Å². The maximum atomic E-state index is 12.6. The fraction of sp³-hybridized carbons (Fsp3) is 0.423. The highest BCUT2D eigenvalue weighted by Gasteiger charge is 2.51. The van der Waals surface area contributed by atoms with Crippen LogP contribution in [-0.4, -0.2) is 45.2 Å². The summed E-state index contributed by atoms with van der Waals surface area (Å²) in [7, 11) is -0.626. The number of carbonyl (C=O) groups is 1. The summed E-state index contributed by atoms with van der Waals surface area (Å²) in [5.74, 6) is 0.0717. The van der Waals surface area contributed by atoms with Crippen molar-refractivity contribution in [2.45, 2.75) is 52.2 Å². The zero-order valence-corrected chi connectivity index (χ0v) is 20.4. The number of nitrogens with zero attached hydrogens (tertiary/aromatic N) is 1. The van der Waals surface area contributed by atoms with Gasteiger partial charge in [0, 0.05) is 13.0 Å². The van der Waals surface area contributed by atoms with E-state index in [1.165, 1.54) is 10.4 Å². The predicted octanol–water partition coefficient (Wildman–Crippen LogP) is 4.42. The Hall–Kier alpha value is -2.01. The number of allylic oxidation sites excluding steroid dienone is 1. The van der Waals surface area contributed by atoms with Crippen molar-refractivity contribution in [1.82, 2.24) is 4.90 Å². The molecule has 0 aliphatic heterocycles.